The summed E-state index contributed by atoms with van der Waals surface area (Å²) in [5, 5.41) is 19.4. The Labute approximate surface area is 173 Å². The van der Waals surface area contributed by atoms with E-state index in [-0.39, 0.29) is 18.6 Å². The van der Waals surface area contributed by atoms with Crippen molar-refractivity contribution in [3.05, 3.63) is 107 Å². The van der Waals surface area contributed by atoms with Crippen LogP contribution >= 0.6 is 11.3 Å². The standard InChI is InChI=1S/C24H22N2O2S/c27-21(20-16-29-22-14-8-7-13-19(20)22)15-25-24(28)26-23(17-9-3-1-4-10-17)18-11-5-2-6-12-18/h1-14,16,21,23,27H,15H2,(H2,25,26,28)/t21-/m0/s1. The Hall–Kier alpha value is -3.15. The Morgan fingerprint density at radius 3 is 2.10 bits per heavy atom. The Balaban J connectivity index is 1.44. The van der Waals surface area contributed by atoms with Gasteiger partial charge in [0.2, 0.25) is 0 Å². The third kappa shape index (κ3) is 4.47. The summed E-state index contributed by atoms with van der Waals surface area (Å²) < 4.78 is 1.12. The number of nitrogens with one attached hydrogen (secondary N) is 2. The van der Waals surface area contributed by atoms with E-state index in [1.807, 2.05) is 90.3 Å². The van der Waals surface area contributed by atoms with Gasteiger partial charge in [0.05, 0.1) is 12.1 Å². The van der Waals surface area contributed by atoms with E-state index in [0.717, 1.165) is 26.8 Å². The molecule has 3 N–H and O–H groups in total. The third-order valence-electron chi connectivity index (χ3n) is 4.87. The molecule has 3 aromatic carbocycles. The zero-order valence-electron chi connectivity index (χ0n) is 15.8. The first kappa shape index (κ1) is 19.2. The molecule has 4 nitrogen and oxygen atoms in total. The van der Waals surface area contributed by atoms with Crippen molar-refractivity contribution in [3.63, 3.8) is 0 Å². The number of hydrogen-bond acceptors (Lipinski definition) is 3. The average Bonchev–Trinajstić information content (AvgIpc) is 3.21. The molecule has 0 radical (unpaired) electrons. The van der Waals surface area contributed by atoms with Crippen molar-refractivity contribution in [1.82, 2.24) is 10.6 Å². The Kier molecular flexibility index (Phi) is 5.89. The van der Waals surface area contributed by atoms with Crippen LogP contribution in [0.5, 0.6) is 0 Å². The van der Waals surface area contributed by atoms with Gasteiger partial charge in [0.25, 0.3) is 0 Å². The van der Waals surface area contributed by atoms with Gasteiger partial charge in [-0.3, -0.25) is 0 Å². The molecule has 0 spiro atoms. The fourth-order valence-electron chi connectivity index (χ4n) is 3.39. The van der Waals surface area contributed by atoms with Gasteiger partial charge in [-0.25, -0.2) is 4.79 Å². The molecule has 1 heterocycles. The lowest BCUT2D eigenvalue weighted by Gasteiger charge is -2.21. The quantitative estimate of drug-likeness (QED) is 0.424. The second-order valence-corrected chi connectivity index (χ2v) is 7.72. The van der Waals surface area contributed by atoms with Gasteiger partial charge in [0.15, 0.2) is 0 Å². The van der Waals surface area contributed by atoms with Gasteiger partial charge in [-0.1, -0.05) is 78.9 Å². The van der Waals surface area contributed by atoms with Gasteiger partial charge in [0, 0.05) is 16.8 Å². The number of amides is 2. The lowest BCUT2D eigenvalue weighted by Crippen LogP contribution is -2.40. The van der Waals surface area contributed by atoms with E-state index < -0.39 is 6.10 Å². The van der Waals surface area contributed by atoms with Crippen molar-refractivity contribution in [2.24, 2.45) is 0 Å². The SMILES string of the molecule is O=C(NC[C@H](O)c1csc2ccccc12)NC(c1ccccc1)c1ccccc1. The molecule has 0 fully saturated rings. The summed E-state index contributed by atoms with van der Waals surface area (Å²) in [5.41, 5.74) is 2.84. The van der Waals surface area contributed by atoms with E-state index >= 15 is 0 Å². The highest BCUT2D eigenvalue weighted by Gasteiger charge is 2.18. The number of fused-ring (bicyclic) bond motifs is 1. The van der Waals surface area contributed by atoms with Crippen LogP contribution in [0.2, 0.25) is 0 Å². The van der Waals surface area contributed by atoms with Gasteiger partial charge >= 0.3 is 6.03 Å². The highest BCUT2D eigenvalue weighted by molar-refractivity contribution is 7.17. The van der Waals surface area contributed by atoms with Crippen LogP contribution in [0.25, 0.3) is 10.1 Å². The fourth-order valence-corrected chi connectivity index (χ4v) is 4.40. The maximum absolute atomic E-state index is 12.6. The molecule has 0 aliphatic heterocycles. The van der Waals surface area contributed by atoms with Crippen molar-refractivity contribution < 1.29 is 9.90 Å². The Bertz CT molecular complexity index is 1040. The highest BCUT2D eigenvalue weighted by Crippen LogP contribution is 2.30. The van der Waals surface area contributed by atoms with Crippen LogP contribution in [0.4, 0.5) is 4.79 Å². The molecule has 0 bridgehead atoms. The number of aliphatic hydroxyl groups is 1. The highest BCUT2D eigenvalue weighted by atomic mass is 32.1. The van der Waals surface area contributed by atoms with Crippen molar-refractivity contribution in [3.8, 4) is 0 Å². The summed E-state index contributed by atoms with van der Waals surface area (Å²) in [5.74, 6) is 0. The second-order valence-electron chi connectivity index (χ2n) is 6.81. The summed E-state index contributed by atoms with van der Waals surface area (Å²) in [6, 6.07) is 27.1. The number of carbonyl (C=O) groups excluding carboxylic acids is 1. The third-order valence-corrected chi connectivity index (χ3v) is 5.85. The minimum absolute atomic E-state index is 0.142. The molecule has 29 heavy (non-hydrogen) atoms. The largest absolute Gasteiger partial charge is 0.387 e. The number of benzene rings is 3. The van der Waals surface area contributed by atoms with Crippen molar-refractivity contribution >= 4 is 27.5 Å². The van der Waals surface area contributed by atoms with Crippen molar-refractivity contribution in [2.75, 3.05) is 6.54 Å². The molecule has 5 heteroatoms. The summed E-state index contributed by atoms with van der Waals surface area (Å²) >= 11 is 1.59. The van der Waals surface area contributed by atoms with E-state index in [1.54, 1.807) is 11.3 Å². The lowest BCUT2D eigenvalue weighted by molar-refractivity contribution is 0.174. The van der Waals surface area contributed by atoms with Crippen LogP contribution in [-0.4, -0.2) is 17.7 Å². The minimum Gasteiger partial charge on any atom is -0.387 e. The molecule has 0 saturated heterocycles. The summed E-state index contributed by atoms with van der Waals surface area (Å²) in [4.78, 5) is 12.6. The van der Waals surface area contributed by atoms with Gasteiger partial charge < -0.3 is 15.7 Å². The minimum atomic E-state index is -0.760. The smallest absolute Gasteiger partial charge is 0.315 e. The topological polar surface area (TPSA) is 61.4 Å². The predicted molar refractivity (Wildman–Crippen MR) is 118 cm³/mol. The molecule has 0 aliphatic rings. The van der Waals surface area contributed by atoms with E-state index in [9.17, 15) is 9.90 Å². The van der Waals surface area contributed by atoms with Crippen LogP contribution in [0.3, 0.4) is 0 Å². The number of urea groups is 1. The molecule has 2 amide bonds. The second kappa shape index (κ2) is 8.90. The van der Waals surface area contributed by atoms with Crippen molar-refractivity contribution in [2.45, 2.75) is 12.1 Å². The molecule has 0 aliphatic carbocycles. The first-order chi connectivity index (χ1) is 14.2. The molecule has 146 valence electrons. The lowest BCUT2D eigenvalue weighted by atomic mass is 9.99. The van der Waals surface area contributed by atoms with Crippen LogP contribution in [0, 0.1) is 0 Å². The average molecular weight is 403 g/mol. The number of rotatable bonds is 6. The summed E-state index contributed by atoms with van der Waals surface area (Å²) in [6.45, 7) is 0.142. The molecule has 1 atom stereocenters. The maximum Gasteiger partial charge on any atom is 0.315 e. The number of thiophene rings is 1. The number of carbonyl (C=O) groups is 1. The van der Waals surface area contributed by atoms with E-state index in [4.69, 9.17) is 0 Å². The molecule has 4 rings (SSSR count). The van der Waals surface area contributed by atoms with Gasteiger partial charge in [-0.15, -0.1) is 11.3 Å². The monoisotopic (exact) mass is 402 g/mol. The summed E-state index contributed by atoms with van der Waals surface area (Å²) in [6.07, 6.45) is -0.760. The number of aliphatic hydroxyl groups excluding tert-OH is 1. The van der Waals surface area contributed by atoms with Crippen LogP contribution in [0.15, 0.2) is 90.3 Å². The number of hydrogen-bond donors (Lipinski definition) is 3. The van der Waals surface area contributed by atoms with Crippen LogP contribution in [-0.2, 0) is 0 Å². The van der Waals surface area contributed by atoms with Gasteiger partial charge in [-0.05, 0) is 28.0 Å². The van der Waals surface area contributed by atoms with Gasteiger partial charge in [0.1, 0.15) is 0 Å². The molecular formula is C24H22N2O2S. The van der Waals surface area contributed by atoms with Gasteiger partial charge in [-0.2, -0.15) is 0 Å². The first-order valence-corrected chi connectivity index (χ1v) is 10.4. The predicted octanol–water partition coefficient (Wildman–Crippen LogP) is 5.02. The maximum atomic E-state index is 12.6. The zero-order valence-corrected chi connectivity index (χ0v) is 16.6. The van der Waals surface area contributed by atoms with Crippen LogP contribution < -0.4 is 10.6 Å². The molecule has 0 unspecified atom stereocenters. The first-order valence-electron chi connectivity index (χ1n) is 9.51. The molecular weight excluding hydrogens is 380 g/mol. The summed E-state index contributed by atoms with van der Waals surface area (Å²) in [7, 11) is 0. The molecule has 1 aromatic heterocycles. The Morgan fingerprint density at radius 2 is 1.45 bits per heavy atom. The Morgan fingerprint density at radius 1 is 0.862 bits per heavy atom. The molecule has 0 saturated carbocycles. The fraction of sp³-hybridized carbons (Fsp3) is 0.125. The normalized spacial score (nSPS) is 12.1. The zero-order chi connectivity index (χ0) is 20.1. The van der Waals surface area contributed by atoms with E-state index in [0.29, 0.717) is 0 Å². The van der Waals surface area contributed by atoms with Crippen molar-refractivity contribution in [1.29, 1.82) is 0 Å². The van der Waals surface area contributed by atoms with E-state index in [1.165, 1.54) is 0 Å². The molecule has 4 aromatic rings. The van der Waals surface area contributed by atoms with Crippen LogP contribution in [0.1, 0.15) is 28.8 Å². The van der Waals surface area contributed by atoms with E-state index in [2.05, 4.69) is 10.6 Å².